The van der Waals surface area contributed by atoms with Gasteiger partial charge in [-0.25, -0.2) is 4.39 Å². The zero-order valence-electron chi connectivity index (χ0n) is 13.6. The number of nitro benzene ring substituents is 1. The van der Waals surface area contributed by atoms with Crippen LogP contribution in [0.1, 0.15) is 10.4 Å². The maximum absolute atomic E-state index is 13.3. The molecule has 2 aromatic carbocycles. The van der Waals surface area contributed by atoms with E-state index in [2.05, 4.69) is 5.32 Å². The van der Waals surface area contributed by atoms with Crippen LogP contribution >= 0.6 is 11.6 Å². The summed E-state index contributed by atoms with van der Waals surface area (Å²) >= 11 is 5.73. The Morgan fingerprint density at radius 1 is 1.23 bits per heavy atom. The molecule has 1 N–H and O–H groups in total. The summed E-state index contributed by atoms with van der Waals surface area (Å²) in [5.41, 5.74) is 0.830. The molecule has 0 aromatic heterocycles. The molecule has 1 heterocycles. The third-order valence-electron chi connectivity index (χ3n) is 3.96. The van der Waals surface area contributed by atoms with Gasteiger partial charge >= 0.3 is 0 Å². The Hall–Kier alpha value is -2.71. The molecular formula is C17H15ClFN3O4. The number of carbonyl (C=O) groups is 1. The van der Waals surface area contributed by atoms with Gasteiger partial charge in [0.15, 0.2) is 0 Å². The van der Waals surface area contributed by atoms with Gasteiger partial charge in [-0.05, 0) is 24.3 Å². The number of morpholine rings is 1. The highest BCUT2D eigenvalue weighted by molar-refractivity contribution is 6.31. The standard InChI is InChI=1S/C17H15ClFN3O4/c18-14-9-11(1-3-15(14)19)20-17(23)13-10-12(22(24)25)2-4-16(13)21-5-7-26-8-6-21/h1-4,9-10H,5-8H2,(H,20,23). The van der Waals surface area contributed by atoms with Crippen LogP contribution in [0.15, 0.2) is 36.4 Å². The van der Waals surface area contributed by atoms with Gasteiger partial charge in [-0.2, -0.15) is 0 Å². The highest BCUT2D eigenvalue weighted by Gasteiger charge is 2.22. The summed E-state index contributed by atoms with van der Waals surface area (Å²) in [6.45, 7) is 2.15. The first-order valence-corrected chi connectivity index (χ1v) is 8.21. The van der Waals surface area contributed by atoms with Gasteiger partial charge in [0, 0.05) is 30.9 Å². The Kier molecular flexibility index (Phi) is 5.34. The van der Waals surface area contributed by atoms with Crippen LogP contribution in [-0.2, 0) is 4.74 Å². The number of rotatable bonds is 4. The Labute approximate surface area is 153 Å². The third kappa shape index (κ3) is 3.92. The van der Waals surface area contributed by atoms with E-state index in [1.165, 1.54) is 24.3 Å². The normalized spacial score (nSPS) is 14.2. The van der Waals surface area contributed by atoms with Crippen molar-refractivity contribution >= 4 is 34.6 Å². The maximum atomic E-state index is 13.3. The molecule has 26 heavy (non-hydrogen) atoms. The van der Waals surface area contributed by atoms with Crippen molar-refractivity contribution in [3.63, 3.8) is 0 Å². The summed E-state index contributed by atoms with van der Waals surface area (Å²) < 4.78 is 18.6. The minimum Gasteiger partial charge on any atom is -0.378 e. The lowest BCUT2D eigenvalue weighted by atomic mass is 10.1. The monoisotopic (exact) mass is 379 g/mol. The number of benzene rings is 2. The van der Waals surface area contributed by atoms with Crippen molar-refractivity contribution in [1.82, 2.24) is 0 Å². The van der Waals surface area contributed by atoms with E-state index >= 15 is 0 Å². The van der Waals surface area contributed by atoms with E-state index in [0.29, 0.717) is 37.7 Å². The molecule has 1 aliphatic heterocycles. The van der Waals surface area contributed by atoms with Crippen LogP contribution in [0.3, 0.4) is 0 Å². The lowest BCUT2D eigenvalue weighted by Gasteiger charge is -2.30. The number of hydrogen-bond donors (Lipinski definition) is 1. The van der Waals surface area contributed by atoms with Gasteiger partial charge in [-0.3, -0.25) is 14.9 Å². The van der Waals surface area contributed by atoms with E-state index in [1.54, 1.807) is 6.07 Å². The number of anilines is 2. The molecule has 136 valence electrons. The molecule has 9 heteroatoms. The van der Waals surface area contributed by atoms with Crippen LogP contribution in [0.25, 0.3) is 0 Å². The molecule has 0 aliphatic carbocycles. The fraction of sp³-hybridized carbons (Fsp3) is 0.235. The quantitative estimate of drug-likeness (QED) is 0.649. The van der Waals surface area contributed by atoms with E-state index in [9.17, 15) is 19.3 Å². The number of carbonyl (C=O) groups excluding carboxylic acids is 1. The van der Waals surface area contributed by atoms with Crippen LogP contribution in [0.4, 0.5) is 21.5 Å². The summed E-state index contributed by atoms with van der Waals surface area (Å²) in [5, 5.41) is 13.6. The first kappa shape index (κ1) is 18.1. The van der Waals surface area contributed by atoms with E-state index in [1.807, 2.05) is 4.90 Å². The van der Waals surface area contributed by atoms with Crippen LogP contribution in [0.5, 0.6) is 0 Å². The number of amides is 1. The summed E-state index contributed by atoms with van der Waals surface area (Å²) in [6, 6.07) is 7.91. The molecule has 1 amide bonds. The Bertz CT molecular complexity index is 856. The number of ether oxygens (including phenoxy) is 1. The van der Waals surface area contributed by atoms with Gasteiger partial charge < -0.3 is 15.0 Å². The average Bonchev–Trinajstić information content (AvgIpc) is 2.65. The van der Waals surface area contributed by atoms with Crippen molar-refractivity contribution in [3.8, 4) is 0 Å². The molecule has 1 aliphatic rings. The molecule has 0 bridgehead atoms. The first-order valence-electron chi connectivity index (χ1n) is 7.83. The lowest BCUT2D eigenvalue weighted by molar-refractivity contribution is -0.384. The Balaban J connectivity index is 1.94. The van der Waals surface area contributed by atoms with Crippen molar-refractivity contribution in [2.75, 3.05) is 36.5 Å². The SMILES string of the molecule is O=C(Nc1ccc(F)c(Cl)c1)c1cc([N+](=O)[O-])ccc1N1CCOCC1. The second-order valence-corrected chi connectivity index (χ2v) is 6.05. The summed E-state index contributed by atoms with van der Waals surface area (Å²) in [6.07, 6.45) is 0. The minimum absolute atomic E-state index is 0.129. The molecule has 0 saturated carbocycles. The largest absolute Gasteiger partial charge is 0.378 e. The molecule has 2 aromatic rings. The molecule has 0 radical (unpaired) electrons. The second kappa shape index (κ2) is 7.67. The van der Waals surface area contributed by atoms with Crippen molar-refractivity contribution < 1.29 is 18.8 Å². The first-order chi connectivity index (χ1) is 12.5. The fourth-order valence-electron chi connectivity index (χ4n) is 2.67. The van der Waals surface area contributed by atoms with Crippen molar-refractivity contribution in [2.24, 2.45) is 0 Å². The summed E-state index contributed by atoms with van der Waals surface area (Å²) in [7, 11) is 0. The van der Waals surface area contributed by atoms with Crippen LogP contribution in [0, 0.1) is 15.9 Å². The fourth-order valence-corrected chi connectivity index (χ4v) is 2.85. The topological polar surface area (TPSA) is 84.7 Å². The number of nitro groups is 1. The number of nitrogens with one attached hydrogen (secondary N) is 1. The van der Waals surface area contributed by atoms with Gasteiger partial charge in [0.1, 0.15) is 5.82 Å². The van der Waals surface area contributed by atoms with E-state index < -0.39 is 16.6 Å². The predicted octanol–water partition coefficient (Wildman–Crippen LogP) is 3.48. The number of nitrogens with zero attached hydrogens (tertiary/aromatic N) is 2. The second-order valence-electron chi connectivity index (χ2n) is 5.64. The van der Waals surface area contributed by atoms with Gasteiger partial charge in [0.05, 0.1) is 34.4 Å². The van der Waals surface area contributed by atoms with Gasteiger partial charge in [0.2, 0.25) is 0 Å². The average molecular weight is 380 g/mol. The summed E-state index contributed by atoms with van der Waals surface area (Å²) in [5.74, 6) is -1.15. The van der Waals surface area contributed by atoms with Gasteiger partial charge in [-0.1, -0.05) is 11.6 Å². The van der Waals surface area contributed by atoms with Crippen molar-refractivity contribution in [1.29, 1.82) is 0 Å². The number of hydrogen-bond acceptors (Lipinski definition) is 5. The zero-order valence-corrected chi connectivity index (χ0v) is 14.3. The molecular weight excluding hydrogens is 365 g/mol. The molecule has 3 rings (SSSR count). The van der Waals surface area contributed by atoms with E-state index in [4.69, 9.17) is 16.3 Å². The number of halogens is 2. The smallest absolute Gasteiger partial charge is 0.270 e. The molecule has 1 saturated heterocycles. The third-order valence-corrected chi connectivity index (χ3v) is 4.25. The Morgan fingerprint density at radius 2 is 1.96 bits per heavy atom. The summed E-state index contributed by atoms with van der Waals surface area (Å²) in [4.78, 5) is 25.2. The molecule has 7 nitrogen and oxygen atoms in total. The number of non-ortho nitro benzene ring substituents is 1. The Morgan fingerprint density at radius 3 is 2.62 bits per heavy atom. The molecule has 0 atom stereocenters. The highest BCUT2D eigenvalue weighted by Crippen LogP contribution is 2.28. The van der Waals surface area contributed by atoms with Crippen LogP contribution in [-0.4, -0.2) is 37.1 Å². The van der Waals surface area contributed by atoms with Crippen LogP contribution in [0.2, 0.25) is 5.02 Å². The minimum atomic E-state index is -0.603. The van der Waals surface area contributed by atoms with Gasteiger partial charge in [-0.15, -0.1) is 0 Å². The van der Waals surface area contributed by atoms with Crippen molar-refractivity contribution in [2.45, 2.75) is 0 Å². The molecule has 0 spiro atoms. The van der Waals surface area contributed by atoms with E-state index in [-0.39, 0.29) is 16.3 Å². The van der Waals surface area contributed by atoms with E-state index in [0.717, 1.165) is 6.07 Å². The lowest BCUT2D eigenvalue weighted by Crippen LogP contribution is -2.37. The zero-order chi connectivity index (χ0) is 18.7. The highest BCUT2D eigenvalue weighted by atomic mass is 35.5. The maximum Gasteiger partial charge on any atom is 0.270 e. The van der Waals surface area contributed by atoms with Crippen molar-refractivity contribution in [3.05, 3.63) is 62.9 Å². The molecule has 1 fully saturated rings. The van der Waals surface area contributed by atoms with Gasteiger partial charge in [0.25, 0.3) is 11.6 Å². The van der Waals surface area contributed by atoms with Crippen LogP contribution < -0.4 is 10.2 Å². The molecule has 0 unspecified atom stereocenters. The predicted molar refractivity (Wildman–Crippen MR) is 95.5 cm³/mol.